The summed E-state index contributed by atoms with van der Waals surface area (Å²) in [7, 11) is 0. The maximum absolute atomic E-state index is 10.2. The predicted molar refractivity (Wildman–Crippen MR) is 41.8 cm³/mol. The van der Waals surface area contributed by atoms with Gasteiger partial charge in [-0.1, -0.05) is 0 Å². The molecule has 1 saturated carbocycles. The maximum Gasteiger partial charge on any atom is 0.239 e. The molecule has 0 bridgehead atoms. The molecule has 5 nitrogen and oxygen atoms in total. The van der Waals surface area contributed by atoms with Gasteiger partial charge in [-0.3, -0.25) is 4.79 Å². The van der Waals surface area contributed by atoms with Crippen LogP contribution >= 0.6 is 0 Å². The quantitative estimate of drug-likeness (QED) is 0.344. The van der Waals surface area contributed by atoms with Crippen LogP contribution in [0.4, 0.5) is 0 Å². The monoisotopic (exact) mass is 156 g/mol. The Morgan fingerprint density at radius 2 is 2.18 bits per heavy atom. The molecule has 0 unspecified atom stereocenters. The fourth-order valence-electron chi connectivity index (χ4n) is 0.646. The van der Waals surface area contributed by atoms with Crippen molar-refractivity contribution in [3.8, 4) is 0 Å². The number of primary amides is 1. The Balaban J connectivity index is 2.20. The Bertz CT molecular complexity index is 185. The smallest absolute Gasteiger partial charge is 0.239 e. The molecule has 1 aliphatic rings. The van der Waals surface area contributed by atoms with Crippen LogP contribution in [0.2, 0.25) is 0 Å². The summed E-state index contributed by atoms with van der Waals surface area (Å²) in [6, 6.07) is 0.464. The minimum absolute atomic E-state index is 0.0362. The summed E-state index contributed by atoms with van der Waals surface area (Å²) in [5.41, 5.74) is 10.3. The molecular formula is C6H12N4O. The SMILES string of the molecule is NC(=O)CN=C(N)NC1CC1. The van der Waals surface area contributed by atoms with Crippen LogP contribution < -0.4 is 16.8 Å². The Hall–Kier alpha value is -1.26. The number of guanidine groups is 1. The summed E-state index contributed by atoms with van der Waals surface area (Å²) in [4.78, 5) is 13.9. The summed E-state index contributed by atoms with van der Waals surface area (Å²) >= 11 is 0. The maximum atomic E-state index is 10.2. The Labute approximate surface area is 64.8 Å². The largest absolute Gasteiger partial charge is 0.370 e. The van der Waals surface area contributed by atoms with Crippen molar-refractivity contribution in [2.75, 3.05) is 6.54 Å². The molecule has 0 spiro atoms. The number of rotatable bonds is 3. The third kappa shape index (κ3) is 3.44. The summed E-state index contributed by atoms with van der Waals surface area (Å²) in [6.07, 6.45) is 2.26. The van der Waals surface area contributed by atoms with Gasteiger partial charge in [0.2, 0.25) is 5.91 Å². The molecule has 0 atom stereocenters. The summed E-state index contributed by atoms with van der Waals surface area (Å²) in [6.45, 7) is -0.0362. The van der Waals surface area contributed by atoms with Crippen molar-refractivity contribution in [1.29, 1.82) is 0 Å². The van der Waals surface area contributed by atoms with Crippen LogP contribution in [0.15, 0.2) is 4.99 Å². The second kappa shape index (κ2) is 3.23. The predicted octanol–water partition coefficient (Wildman–Crippen LogP) is -1.46. The number of amides is 1. The topological polar surface area (TPSA) is 93.5 Å². The van der Waals surface area contributed by atoms with E-state index in [1.54, 1.807) is 0 Å². The number of nitrogens with one attached hydrogen (secondary N) is 1. The highest BCUT2D eigenvalue weighted by molar-refractivity contribution is 5.83. The average molecular weight is 156 g/mol. The van der Waals surface area contributed by atoms with E-state index in [1.165, 1.54) is 0 Å². The van der Waals surface area contributed by atoms with Crippen molar-refractivity contribution in [2.24, 2.45) is 16.5 Å². The average Bonchev–Trinajstić information content (AvgIpc) is 2.67. The lowest BCUT2D eigenvalue weighted by Gasteiger charge is -2.00. The van der Waals surface area contributed by atoms with E-state index >= 15 is 0 Å². The van der Waals surface area contributed by atoms with Gasteiger partial charge in [-0.05, 0) is 12.8 Å². The molecule has 0 aromatic carbocycles. The van der Waals surface area contributed by atoms with Gasteiger partial charge in [-0.2, -0.15) is 0 Å². The summed E-state index contributed by atoms with van der Waals surface area (Å²) in [5.74, 6) is -0.156. The highest BCUT2D eigenvalue weighted by atomic mass is 16.1. The van der Waals surface area contributed by atoms with Crippen molar-refractivity contribution in [1.82, 2.24) is 5.32 Å². The lowest BCUT2D eigenvalue weighted by atomic mass is 10.6. The number of nitrogens with zero attached hydrogens (tertiary/aromatic N) is 1. The summed E-state index contributed by atoms with van der Waals surface area (Å²) < 4.78 is 0. The number of hydrogen-bond donors (Lipinski definition) is 3. The van der Waals surface area contributed by atoms with Gasteiger partial charge in [0.05, 0.1) is 0 Å². The highest BCUT2D eigenvalue weighted by Crippen LogP contribution is 2.17. The molecule has 62 valence electrons. The fraction of sp³-hybridized carbons (Fsp3) is 0.667. The first-order chi connectivity index (χ1) is 5.18. The van der Waals surface area contributed by atoms with E-state index in [9.17, 15) is 4.79 Å². The Morgan fingerprint density at radius 3 is 2.64 bits per heavy atom. The first-order valence-electron chi connectivity index (χ1n) is 3.53. The standard InChI is InChI=1S/C6H12N4O/c7-5(11)3-9-6(8)10-4-1-2-4/h4H,1-3H2,(H2,7,11)(H3,8,9,10). The molecule has 0 radical (unpaired) electrons. The number of carbonyl (C=O) groups is 1. The molecule has 0 saturated heterocycles. The molecule has 5 N–H and O–H groups in total. The van der Waals surface area contributed by atoms with Gasteiger partial charge in [0.1, 0.15) is 6.54 Å². The van der Waals surface area contributed by atoms with Crippen LogP contribution in [0.25, 0.3) is 0 Å². The first kappa shape index (κ1) is 7.84. The Morgan fingerprint density at radius 1 is 1.55 bits per heavy atom. The molecule has 5 heteroatoms. The lowest BCUT2D eigenvalue weighted by Crippen LogP contribution is -2.34. The van der Waals surface area contributed by atoms with Gasteiger partial charge in [0.15, 0.2) is 5.96 Å². The summed E-state index contributed by atoms with van der Waals surface area (Å²) in [5, 5.41) is 2.93. The fourth-order valence-corrected chi connectivity index (χ4v) is 0.646. The van der Waals surface area contributed by atoms with Crippen molar-refractivity contribution < 1.29 is 4.79 Å². The van der Waals surface area contributed by atoms with Crippen molar-refractivity contribution in [3.05, 3.63) is 0 Å². The normalized spacial score (nSPS) is 18.0. The van der Waals surface area contributed by atoms with E-state index in [0.717, 1.165) is 12.8 Å². The van der Waals surface area contributed by atoms with Gasteiger partial charge in [0.25, 0.3) is 0 Å². The second-order valence-corrected chi connectivity index (χ2v) is 2.59. The number of aliphatic imine (C=N–C) groups is 1. The van der Waals surface area contributed by atoms with Crippen LogP contribution in [0.1, 0.15) is 12.8 Å². The van der Waals surface area contributed by atoms with E-state index in [1.807, 2.05) is 0 Å². The van der Waals surface area contributed by atoms with Gasteiger partial charge >= 0.3 is 0 Å². The van der Waals surface area contributed by atoms with Gasteiger partial charge in [0, 0.05) is 6.04 Å². The van der Waals surface area contributed by atoms with Crippen LogP contribution in [-0.2, 0) is 4.79 Å². The molecule has 11 heavy (non-hydrogen) atoms. The molecule has 1 rings (SSSR count). The molecule has 0 heterocycles. The molecule has 1 amide bonds. The molecule has 0 aromatic heterocycles. The van der Waals surface area contributed by atoms with Gasteiger partial charge in [-0.15, -0.1) is 0 Å². The lowest BCUT2D eigenvalue weighted by molar-refractivity contribution is -0.116. The van der Waals surface area contributed by atoms with E-state index in [2.05, 4.69) is 10.3 Å². The molecular weight excluding hydrogens is 144 g/mol. The van der Waals surface area contributed by atoms with E-state index < -0.39 is 5.91 Å². The Kier molecular flexibility index (Phi) is 2.30. The van der Waals surface area contributed by atoms with Crippen LogP contribution in [0.5, 0.6) is 0 Å². The van der Waals surface area contributed by atoms with Crippen LogP contribution in [-0.4, -0.2) is 24.5 Å². The van der Waals surface area contributed by atoms with E-state index in [0.29, 0.717) is 12.0 Å². The van der Waals surface area contributed by atoms with Crippen molar-refractivity contribution in [2.45, 2.75) is 18.9 Å². The highest BCUT2D eigenvalue weighted by Gasteiger charge is 2.21. The minimum atomic E-state index is -0.467. The second-order valence-electron chi connectivity index (χ2n) is 2.59. The number of nitrogens with two attached hydrogens (primary N) is 2. The molecule has 0 aromatic rings. The zero-order chi connectivity index (χ0) is 8.27. The van der Waals surface area contributed by atoms with Crippen LogP contribution in [0.3, 0.4) is 0 Å². The minimum Gasteiger partial charge on any atom is -0.370 e. The molecule has 1 aliphatic carbocycles. The van der Waals surface area contributed by atoms with Gasteiger partial charge < -0.3 is 16.8 Å². The van der Waals surface area contributed by atoms with Crippen molar-refractivity contribution >= 4 is 11.9 Å². The van der Waals surface area contributed by atoms with Crippen molar-refractivity contribution in [3.63, 3.8) is 0 Å². The van der Waals surface area contributed by atoms with Gasteiger partial charge in [-0.25, -0.2) is 4.99 Å². The van der Waals surface area contributed by atoms with Crippen LogP contribution in [0, 0.1) is 0 Å². The first-order valence-corrected chi connectivity index (χ1v) is 3.53. The van der Waals surface area contributed by atoms with E-state index in [4.69, 9.17) is 11.5 Å². The zero-order valence-electron chi connectivity index (χ0n) is 6.21. The van der Waals surface area contributed by atoms with E-state index in [-0.39, 0.29) is 6.54 Å². The molecule has 1 fully saturated rings. The third-order valence-corrected chi connectivity index (χ3v) is 1.33. The number of carbonyl (C=O) groups excluding carboxylic acids is 1. The number of hydrogen-bond acceptors (Lipinski definition) is 2. The third-order valence-electron chi connectivity index (χ3n) is 1.33. The zero-order valence-corrected chi connectivity index (χ0v) is 6.21. The molecule has 0 aliphatic heterocycles.